The van der Waals surface area contributed by atoms with Gasteiger partial charge in [-0.1, -0.05) is 45.3 Å². The van der Waals surface area contributed by atoms with Gasteiger partial charge in [0.25, 0.3) is 0 Å². The molecule has 0 spiro atoms. The molecular weight excluding hydrogens is 474 g/mol. The molecule has 6 atom stereocenters. The molecule has 5 nitrogen and oxygen atoms in total. The average molecular weight is 528 g/mol. The minimum atomic E-state index is -0.0674. The SMILES string of the molecule is CCN(CCCCCC=O)CCCCCC(=O)OC1CCC2(C)C(=CCC3C4CCC(=O)C4(C)CCC32)C1. The smallest absolute Gasteiger partial charge is 0.306 e. The third-order valence-corrected chi connectivity index (χ3v) is 11.2. The van der Waals surface area contributed by atoms with Crippen LogP contribution in [-0.4, -0.2) is 48.7 Å². The lowest BCUT2D eigenvalue weighted by molar-refractivity contribution is -0.151. The molecule has 5 heteroatoms. The molecule has 3 fully saturated rings. The maximum atomic E-state index is 12.7. The first-order valence-electron chi connectivity index (χ1n) is 15.9. The van der Waals surface area contributed by atoms with Crippen molar-refractivity contribution in [3.63, 3.8) is 0 Å². The van der Waals surface area contributed by atoms with Crippen LogP contribution in [0.25, 0.3) is 0 Å². The molecule has 3 saturated carbocycles. The second-order valence-corrected chi connectivity index (χ2v) is 13.3. The van der Waals surface area contributed by atoms with Crippen molar-refractivity contribution in [1.29, 1.82) is 0 Å². The number of Topliss-reactive ketones (excluding diaryl/α,β-unsaturated/α-hetero) is 1. The largest absolute Gasteiger partial charge is 0.462 e. The summed E-state index contributed by atoms with van der Waals surface area (Å²) >= 11 is 0. The van der Waals surface area contributed by atoms with E-state index in [0.29, 0.717) is 36.4 Å². The summed E-state index contributed by atoms with van der Waals surface area (Å²) in [5, 5.41) is 0. The Morgan fingerprint density at radius 3 is 2.45 bits per heavy atom. The normalized spacial score (nSPS) is 34.3. The second kappa shape index (κ2) is 13.2. The van der Waals surface area contributed by atoms with Crippen molar-refractivity contribution in [1.82, 2.24) is 4.90 Å². The predicted molar refractivity (Wildman–Crippen MR) is 152 cm³/mol. The molecule has 0 heterocycles. The van der Waals surface area contributed by atoms with E-state index in [1.54, 1.807) is 0 Å². The van der Waals surface area contributed by atoms with Crippen LogP contribution in [0.5, 0.6) is 0 Å². The fraction of sp³-hybridized carbons (Fsp3) is 0.848. The van der Waals surface area contributed by atoms with Crippen LogP contribution < -0.4 is 0 Å². The number of esters is 1. The Morgan fingerprint density at radius 2 is 1.71 bits per heavy atom. The van der Waals surface area contributed by atoms with E-state index in [-0.39, 0.29) is 22.9 Å². The fourth-order valence-electron chi connectivity index (χ4n) is 8.69. The molecule has 0 radical (unpaired) electrons. The molecule has 0 aromatic heterocycles. The summed E-state index contributed by atoms with van der Waals surface area (Å²) in [7, 11) is 0. The molecular formula is C33H53NO4. The lowest BCUT2D eigenvalue weighted by Gasteiger charge is -2.56. The zero-order valence-electron chi connectivity index (χ0n) is 24.5. The molecule has 0 saturated heterocycles. The van der Waals surface area contributed by atoms with Crippen molar-refractivity contribution in [2.24, 2.45) is 28.6 Å². The number of carbonyl (C=O) groups is 3. The minimum absolute atomic E-state index is 0.0201. The molecule has 4 rings (SSSR count). The van der Waals surface area contributed by atoms with E-state index in [2.05, 4.69) is 31.7 Å². The Bertz CT molecular complexity index is 867. The topological polar surface area (TPSA) is 63.7 Å². The molecule has 4 aliphatic rings. The van der Waals surface area contributed by atoms with Crippen LogP contribution in [0.1, 0.15) is 124 Å². The van der Waals surface area contributed by atoms with Gasteiger partial charge in [-0.3, -0.25) is 9.59 Å². The molecule has 0 aromatic rings. The molecule has 38 heavy (non-hydrogen) atoms. The number of fused-ring (bicyclic) bond motifs is 5. The first-order valence-corrected chi connectivity index (χ1v) is 15.9. The van der Waals surface area contributed by atoms with Crippen LogP contribution in [0, 0.1) is 28.6 Å². The number of hydrogen-bond donors (Lipinski definition) is 0. The summed E-state index contributed by atoms with van der Waals surface area (Å²) in [6, 6.07) is 0. The van der Waals surface area contributed by atoms with E-state index >= 15 is 0 Å². The maximum absolute atomic E-state index is 12.7. The molecule has 0 aromatic carbocycles. The summed E-state index contributed by atoms with van der Waals surface area (Å²) in [6.07, 6.45) is 19.4. The van der Waals surface area contributed by atoms with Crippen LogP contribution in [0.4, 0.5) is 0 Å². The van der Waals surface area contributed by atoms with Gasteiger partial charge in [-0.25, -0.2) is 0 Å². The van der Waals surface area contributed by atoms with E-state index in [4.69, 9.17) is 4.74 Å². The first-order chi connectivity index (χ1) is 18.3. The highest BCUT2D eigenvalue weighted by atomic mass is 16.5. The highest BCUT2D eigenvalue weighted by Gasteiger charge is 2.58. The van der Waals surface area contributed by atoms with E-state index in [1.807, 2.05) is 0 Å². The van der Waals surface area contributed by atoms with Gasteiger partial charge in [0.05, 0.1) is 0 Å². The number of carbonyl (C=O) groups excluding carboxylic acids is 3. The maximum Gasteiger partial charge on any atom is 0.306 e. The highest BCUT2D eigenvalue weighted by Crippen LogP contribution is 2.64. The Hall–Kier alpha value is -1.49. The van der Waals surface area contributed by atoms with Gasteiger partial charge in [0.15, 0.2) is 0 Å². The summed E-state index contributed by atoms with van der Waals surface area (Å²) in [4.78, 5) is 38.2. The van der Waals surface area contributed by atoms with Crippen molar-refractivity contribution in [2.75, 3.05) is 19.6 Å². The lowest BCUT2D eigenvalue weighted by atomic mass is 9.48. The zero-order chi connectivity index (χ0) is 27.2. The van der Waals surface area contributed by atoms with Crippen LogP contribution in [0.15, 0.2) is 11.6 Å². The van der Waals surface area contributed by atoms with Gasteiger partial charge in [0, 0.05) is 31.1 Å². The molecule has 0 amide bonds. The standard InChI is InChI=1S/C33H53NO4/c1-4-34(21-9-5-6-11-23-35)22-10-7-8-12-31(37)38-26-17-19-32(2)25(24-26)13-14-27-28-15-16-30(36)33(28,3)20-18-29(27)32/h13,23,26-29H,4-12,14-22,24H2,1-3H3. The van der Waals surface area contributed by atoms with Crippen molar-refractivity contribution in [2.45, 2.75) is 130 Å². The number of hydrogen-bond acceptors (Lipinski definition) is 5. The van der Waals surface area contributed by atoms with Gasteiger partial charge < -0.3 is 14.4 Å². The van der Waals surface area contributed by atoms with Gasteiger partial charge in [-0.15, -0.1) is 0 Å². The van der Waals surface area contributed by atoms with Gasteiger partial charge in [-0.05, 0) is 107 Å². The molecule has 4 aliphatic carbocycles. The van der Waals surface area contributed by atoms with E-state index in [9.17, 15) is 14.4 Å². The molecule has 6 unspecified atom stereocenters. The minimum Gasteiger partial charge on any atom is -0.462 e. The molecule has 0 bridgehead atoms. The number of ketones is 1. The Kier molecular flexibility index (Phi) is 10.3. The van der Waals surface area contributed by atoms with Crippen molar-refractivity contribution < 1.29 is 19.1 Å². The average Bonchev–Trinajstić information content (AvgIpc) is 3.21. The Labute approximate surface area is 231 Å². The second-order valence-electron chi connectivity index (χ2n) is 13.3. The molecule has 214 valence electrons. The zero-order valence-corrected chi connectivity index (χ0v) is 24.5. The Balaban J connectivity index is 1.16. The molecule has 0 N–H and O–H groups in total. The van der Waals surface area contributed by atoms with Gasteiger partial charge in [0.1, 0.15) is 18.2 Å². The number of aldehydes is 1. The van der Waals surface area contributed by atoms with Crippen LogP contribution >= 0.6 is 0 Å². The Morgan fingerprint density at radius 1 is 1.00 bits per heavy atom. The number of nitrogens with zero attached hydrogens (tertiary/aromatic N) is 1. The van der Waals surface area contributed by atoms with Crippen molar-refractivity contribution in [3.05, 3.63) is 11.6 Å². The van der Waals surface area contributed by atoms with Gasteiger partial charge >= 0.3 is 5.97 Å². The quantitative estimate of drug-likeness (QED) is 0.105. The van der Waals surface area contributed by atoms with Crippen LogP contribution in [-0.2, 0) is 19.1 Å². The van der Waals surface area contributed by atoms with Gasteiger partial charge in [-0.2, -0.15) is 0 Å². The van der Waals surface area contributed by atoms with Crippen molar-refractivity contribution >= 4 is 18.0 Å². The summed E-state index contributed by atoms with van der Waals surface area (Å²) in [5.74, 6) is 2.40. The van der Waals surface area contributed by atoms with Crippen molar-refractivity contribution in [3.8, 4) is 0 Å². The summed E-state index contributed by atoms with van der Waals surface area (Å²) in [6.45, 7) is 10.2. The number of allylic oxidation sites excluding steroid dienone is 1. The van der Waals surface area contributed by atoms with E-state index < -0.39 is 0 Å². The van der Waals surface area contributed by atoms with E-state index in [0.717, 1.165) is 109 Å². The third-order valence-electron chi connectivity index (χ3n) is 11.2. The number of ether oxygens (including phenoxy) is 1. The van der Waals surface area contributed by atoms with Gasteiger partial charge in [0.2, 0.25) is 0 Å². The van der Waals surface area contributed by atoms with E-state index in [1.165, 1.54) is 12.0 Å². The highest BCUT2D eigenvalue weighted by molar-refractivity contribution is 5.87. The fourth-order valence-corrected chi connectivity index (χ4v) is 8.69. The van der Waals surface area contributed by atoms with Crippen LogP contribution in [0.2, 0.25) is 0 Å². The predicted octanol–water partition coefficient (Wildman–Crippen LogP) is 7.07. The number of unbranched alkanes of at least 4 members (excludes halogenated alkanes) is 5. The monoisotopic (exact) mass is 527 g/mol. The first kappa shape index (κ1) is 29.5. The number of rotatable bonds is 14. The lowest BCUT2D eigenvalue weighted by Crippen LogP contribution is -2.50. The third kappa shape index (κ3) is 6.45. The summed E-state index contributed by atoms with van der Waals surface area (Å²) in [5.41, 5.74) is 1.68. The van der Waals surface area contributed by atoms with Crippen LogP contribution in [0.3, 0.4) is 0 Å². The summed E-state index contributed by atoms with van der Waals surface area (Å²) < 4.78 is 6.00. The molecule has 0 aliphatic heterocycles.